The molecule has 0 N–H and O–H groups in total. The van der Waals surface area contributed by atoms with E-state index < -0.39 is 0 Å². The van der Waals surface area contributed by atoms with Crippen molar-refractivity contribution in [2.24, 2.45) is 4.99 Å². The zero-order valence-electron chi connectivity index (χ0n) is 16.9. The molecular formula is C23H43NO. The fourth-order valence-electron chi connectivity index (χ4n) is 3.19. The molecule has 0 rings (SSSR count). The van der Waals surface area contributed by atoms with Crippen LogP contribution in [0.5, 0.6) is 0 Å². The van der Waals surface area contributed by atoms with Gasteiger partial charge in [-0.3, -0.25) is 0 Å². The summed E-state index contributed by atoms with van der Waals surface area (Å²) in [4.78, 5) is 13.5. The number of unbranched alkanes of at least 4 members (excludes halogenated alkanes) is 16. The highest BCUT2D eigenvalue weighted by molar-refractivity contribution is 5.32. The fraction of sp³-hybridized carbons (Fsp3) is 0.870. The highest BCUT2D eigenvalue weighted by Crippen LogP contribution is 2.12. The van der Waals surface area contributed by atoms with E-state index in [2.05, 4.69) is 24.1 Å². The van der Waals surface area contributed by atoms with Crippen molar-refractivity contribution in [1.82, 2.24) is 0 Å². The Hall–Kier alpha value is -0.880. The first-order valence-corrected chi connectivity index (χ1v) is 11.1. The smallest absolute Gasteiger partial charge is 0.211 e. The minimum absolute atomic E-state index is 0.664. The van der Waals surface area contributed by atoms with Crippen molar-refractivity contribution in [2.45, 2.75) is 122 Å². The highest BCUT2D eigenvalue weighted by atomic mass is 16.1. The number of hydrogen-bond donors (Lipinski definition) is 0. The van der Waals surface area contributed by atoms with Gasteiger partial charge in [0.1, 0.15) is 0 Å². The zero-order valence-corrected chi connectivity index (χ0v) is 16.9. The van der Waals surface area contributed by atoms with Gasteiger partial charge in [0.25, 0.3) is 0 Å². The standard InChI is InChI=1S/C23H43NO/c1-2-3-4-5-6-7-8-9-10-11-12-13-14-15-16-17-18-19-20-21-22-24-23-25/h9-10H,2-8,11-22H2,1H3/b10-9-. The Morgan fingerprint density at radius 1 is 0.600 bits per heavy atom. The maximum absolute atomic E-state index is 9.91. The lowest BCUT2D eigenvalue weighted by atomic mass is 10.1. The van der Waals surface area contributed by atoms with Crippen LogP contribution in [0, 0.1) is 0 Å². The molecule has 2 nitrogen and oxygen atoms in total. The Balaban J connectivity index is 3.06. The second-order valence-electron chi connectivity index (χ2n) is 7.33. The van der Waals surface area contributed by atoms with Crippen molar-refractivity contribution in [1.29, 1.82) is 0 Å². The molecule has 0 unspecified atom stereocenters. The van der Waals surface area contributed by atoms with E-state index in [1.165, 1.54) is 109 Å². The number of aliphatic imine (C=N–C) groups is 1. The van der Waals surface area contributed by atoms with Gasteiger partial charge in [0.05, 0.1) is 6.54 Å². The van der Waals surface area contributed by atoms with Gasteiger partial charge in [-0.2, -0.15) is 0 Å². The Bertz CT molecular complexity index is 318. The number of rotatable bonds is 20. The number of allylic oxidation sites excluding steroid dienone is 2. The number of nitrogens with zero attached hydrogens (tertiary/aromatic N) is 1. The first kappa shape index (κ1) is 24.1. The van der Waals surface area contributed by atoms with Gasteiger partial charge in [-0.1, -0.05) is 103 Å². The van der Waals surface area contributed by atoms with Crippen LogP contribution >= 0.6 is 0 Å². The Labute approximate surface area is 157 Å². The number of carbonyl (C=O) groups excluding carboxylic acids is 1. The monoisotopic (exact) mass is 349 g/mol. The summed E-state index contributed by atoms with van der Waals surface area (Å²) < 4.78 is 0. The van der Waals surface area contributed by atoms with Crippen LogP contribution in [0.3, 0.4) is 0 Å². The van der Waals surface area contributed by atoms with Crippen molar-refractivity contribution in [3.05, 3.63) is 12.2 Å². The summed E-state index contributed by atoms with van der Waals surface area (Å²) in [7, 11) is 0. The van der Waals surface area contributed by atoms with Crippen molar-refractivity contribution >= 4 is 6.08 Å². The maximum atomic E-state index is 9.91. The van der Waals surface area contributed by atoms with E-state index in [9.17, 15) is 4.79 Å². The fourth-order valence-corrected chi connectivity index (χ4v) is 3.19. The third-order valence-corrected chi connectivity index (χ3v) is 4.85. The normalized spacial score (nSPS) is 11.1. The molecular weight excluding hydrogens is 306 g/mol. The molecule has 0 aromatic rings. The maximum Gasteiger partial charge on any atom is 0.234 e. The van der Waals surface area contributed by atoms with Crippen molar-refractivity contribution in [2.75, 3.05) is 6.54 Å². The van der Waals surface area contributed by atoms with Crippen LogP contribution in [0.2, 0.25) is 0 Å². The summed E-state index contributed by atoms with van der Waals surface area (Å²) >= 11 is 0. The van der Waals surface area contributed by atoms with E-state index in [-0.39, 0.29) is 0 Å². The Kier molecular flexibility index (Phi) is 22.3. The van der Waals surface area contributed by atoms with Crippen LogP contribution in [-0.2, 0) is 4.79 Å². The molecule has 0 aromatic heterocycles. The summed E-state index contributed by atoms with van der Waals surface area (Å²) in [6, 6.07) is 0. The van der Waals surface area contributed by atoms with Crippen LogP contribution in [0.4, 0.5) is 0 Å². The third-order valence-electron chi connectivity index (χ3n) is 4.85. The molecule has 0 heterocycles. The highest BCUT2D eigenvalue weighted by Gasteiger charge is 1.93. The van der Waals surface area contributed by atoms with E-state index in [1.807, 2.05) is 0 Å². The van der Waals surface area contributed by atoms with Gasteiger partial charge >= 0.3 is 0 Å². The molecule has 0 fully saturated rings. The summed E-state index contributed by atoms with van der Waals surface area (Å²) in [6.07, 6.45) is 30.6. The molecule has 0 saturated heterocycles. The van der Waals surface area contributed by atoms with Gasteiger partial charge in [0.15, 0.2) is 0 Å². The van der Waals surface area contributed by atoms with Crippen LogP contribution in [-0.4, -0.2) is 12.6 Å². The SMILES string of the molecule is CCCCCCCC/C=C\CCCCCCCCCCCCN=C=O. The largest absolute Gasteiger partial charge is 0.234 e. The Morgan fingerprint density at radius 2 is 1.00 bits per heavy atom. The van der Waals surface area contributed by atoms with Gasteiger partial charge in [0, 0.05) is 0 Å². The van der Waals surface area contributed by atoms with Crippen molar-refractivity contribution in [3.63, 3.8) is 0 Å². The molecule has 0 atom stereocenters. The molecule has 0 amide bonds. The lowest BCUT2D eigenvalue weighted by Gasteiger charge is -2.01. The molecule has 0 aliphatic rings. The van der Waals surface area contributed by atoms with E-state index >= 15 is 0 Å². The summed E-state index contributed by atoms with van der Waals surface area (Å²) in [5, 5.41) is 0. The van der Waals surface area contributed by atoms with E-state index in [0.29, 0.717) is 6.54 Å². The number of isocyanates is 1. The molecule has 2 heteroatoms. The first-order valence-electron chi connectivity index (χ1n) is 11.1. The predicted molar refractivity (Wildman–Crippen MR) is 111 cm³/mol. The van der Waals surface area contributed by atoms with E-state index in [0.717, 1.165) is 6.42 Å². The predicted octanol–water partition coefficient (Wildman–Crippen LogP) is 7.92. The van der Waals surface area contributed by atoms with E-state index in [4.69, 9.17) is 0 Å². The molecule has 146 valence electrons. The topological polar surface area (TPSA) is 29.4 Å². The lowest BCUT2D eigenvalue weighted by Crippen LogP contribution is -1.84. The quantitative estimate of drug-likeness (QED) is 0.0949. The van der Waals surface area contributed by atoms with Crippen LogP contribution in [0.15, 0.2) is 17.1 Å². The first-order chi connectivity index (χ1) is 12.4. The summed E-state index contributed by atoms with van der Waals surface area (Å²) in [5.41, 5.74) is 0. The molecule has 0 bridgehead atoms. The van der Waals surface area contributed by atoms with Crippen LogP contribution in [0.25, 0.3) is 0 Å². The third kappa shape index (κ3) is 23.1. The van der Waals surface area contributed by atoms with Gasteiger partial charge < -0.3 is 0 Å². The van der Waals surface area contributed by atoms with Gasteiger partial charge in [0.2, 0.25) is 6.08 Å². The minimum atomic E-state index is 0.664. The molecule has 0 aromatic carbocycles. The average molecular weight is 350 g/mol. The lowest BCUT2D eigenvalue weighted by molar-refractivity contribution is 0.550. The summed E-state index contributed by atoms with van der Waals surface area (Å²) in [6.45, 7) is 2.94. The molecule has 0 radical (unpaired) electrons. The minimum Gasteiger partial charge on any atom is -0.211 e. The van der Waals surface area contributed by atoms with Crippen LogP contribution in [0.1, 0.15) is 122 Å². The van der Waals surface area contributed by atoms with Gasteiger partial charge in [-0.05, 0) is 32.1 Å². The molecule has 0 spiro atoms. The zero-order chi connectivity index (χ0) is 18.3. The molecule has 0 aliphatic carbocycles. The number of hydrogen-bond acceptors (Lipinski definition) is 2. The van der Waals surface area contributed by atoms with Crippen LogP contribution < -0.4 is 0 Å². The average Bonchev–Trinajstić information content (AvgIpc) is 2.63. The summed E-state index contributed by atoms with van der Waals surface area (Å²) in [5.74, 6) is 0. The van der Waals surface area contributed by atoms with Gasteiger partial charge in [-0.25, -0.2) is 9.79 Å². The molecule has 0 saturated carbocycles. The molecule has 25 heavy (non-hydrogen) atoms. The van der Waals surface area contributed by atoms with Gasteiger partial charge in [-0.15, -0.1) is 0 Å². The second kappa shape index (κ2) is 23.1. The van der Waals surface area contributed by atoms with E-state index in [1.54, 1.807) is 6.08 Å². The van der Waals surface area contributed by atoms with Crippen molar-refractivity contribution < 1.29 is 4.79 Å². The van der Waals surface area contributed by atoms with Crippen molar-refractivity contribution in [3.8, 4) is 0 Å². The second-order valence-corrected chi connectivity index (χ2v) is 7.33. The molecule has 0 aliphatic heterocycles. The Morgan fingerprint density at radius 3 is 1.44 bits per heavy atom.